The van der Waals surface area contributed by atoms with Crippen LogP contribution in [0.2, 0.25) is 0 Å². The number of H-pyrrole nitrogens is 1. The van der Waals surface area contributed by atoms with Crippen LogP contribution in [0.25, 0.3) is 21.7 Å². The Morgan fingerprint density at radius 2 is 2.15 bits per heavy atom. The summed E-state index contributed by atoms with van der Waals surface area (Å²) in [5.74, 6) is 0.423. The molecule has 0 atom stereocenters. The Labute approximate surface area is 160 Å². The predicted octanol–water partition coefficient (Wildman–Crippen LogP) is 4.44. The van der Waals surface area contributed by atoms with E-state index >= 15 is 0 Å². The summed E-state index contributed by atoms with van der Waals surface area (Å²) in [6.07, 6.45) is 3.00. The third kappa shape index (κ3) is 3.64. The standard InChI is InChI=1S/C20H19N3O3S/c1-3-16-12(2)8-17(27-16)20-23-22-18(26-20)11-25-19(24)9-13-10-21-15-7-5-4-6-14(13)15/h4-8,10,21H,3,9,11H2,1-2H3. The number of aromatic amines is 1. The third-order valence-electron chi connectivity index (χ3n) is 4.39. The van der Waals surface area contributed by atoms with Gasteiger partial charge in [-0.15, -0.1) is 21.5 Å². The lowest BCUT2D eigenvalue weighted by molar-refractivity contribution is -0.144. The molecule has 0 saturated carbocycles. The molecule has 7 heteroatoms. The van der Waals surface area contributed by atoms with Crippen molar-refractivity contribution in [2.75, 3.05) is 0 Å². The Bertz CT molecular complexity index is 1090. The largest absolute Gasteiger partial charge is 0.455 e. The Morgan fingerprint density at radius 3 is 2.96 bits per heavy atom. The van der Waals surface area contributed by atoms with Gasteiger partial charge in [0.15, 0.2) is 6.61 Å². The zero-order valence-corrected chi connectivity index (χ0v) is 15.9. The molecule has 4 aromatic rings. The second-order valence-electron chi connectivity index (χ2n) is 6.27. The van der Waals surface area contributed by atoms with Gasteiger partial charge in [-0.05, 0) is 36.6 Å². The molecule has 6 nitrogen and oxygen atoms in total. The van der Waals surface area contributed by atoms with Crippen LogP contribution in [-0.4, -0.2) is 21.2 Å². The van der Waals surface area contributed by atoms with E-state index in [9.17, 15) is 4.79 Å². The molecule has 0 aliphatic carbocycles. The summed E-state index contributed by atoms with van der Waals surface area (Å²) in [5.41, 5.74) is 3.13. The maximum Gasteiger partial charge on any atom is 0.310 e. The second kappa shape index (κ2) is 7.36. The van der Waals surface area contributed by atoms with Crippen molar-refractivity contribution in [3.63, 3.8) is 0 Å². The first-order valence-electron chi connectivity index (χ1n) is 8.76. The van der Waals surface area contributed by atoms with Crippen molar-refractivity contribution < 1.29 is 13.9 Å². The molecular weight excluding hydrogens is 362 g/mol. The molecule has 3 aromatic heterocycles. The Balaban J connectivity index is 1.38. The summed E-state index contributed by atoms with van der Waals surface area (Å²) in [4.78, 5) is 17.6. The van der Waals surface area contributed by atoms with E-state index in [2.05, 4.69) is 29.0 Å². The number of aromatic nitrogens is 3. The summed E-state index contributed by atoms with van der Waals surface area (Å²) in [6.45, 7) is 4.16. The lowest BCUT2D eigenvalue weighted by Crippen LogP contribution is -2.07. The Morgan fingerprint density at radius 1 is 1.30 bits per heavy atom. The number of ether oxygens (including phenoxy) is 1. The fourth-order valence-electron chi connectivity index (χ4n) is 3.01. The molecule has 1 N–H and O–H groups in total. The number of carbonyl (C=O) groups excluding carboxylic acids is 1. The van der Waals surface area contributed by atoms with Crippen LogP contribution in [0.3, 0.4) is 0 Å². The highest BCUT2D eigenvalue weighted by Crippen LogP contribution is 2.30. The molecule has 0 aliphatic heterocycles. The number of para-hydroxylation sites is 1. The maximum atomic E-state index is 12.2. The molecule has 138 valence electrons. The molecule has 0 saturated heterocycles. The minimum atomic E-state index is -0.334. The van der Waals surface area contributed by atoms with Gasteiger partial charge in [-0.25, -0.2) is 0 Å². The number of hydrogen-bond acceptors (Lipinski definition) is 6. The van der Waals surface area contributed by atoms with Gasteiger partial charge in [-0.2, -0.15) is 0 Å². The van der Waals surface area contributed by atoms with E-state index in [1.54, 1.807) is 11.3 Å². The van der Waals surface area contributed by atoms with E-state index in [0.717, 1.165) is 27.8 Å². The summed E-state index contributed by atoms with van der Waals surface area (Å²) >= 11 is 1.65. The SMILES string of the molecule is CCc1sc(-c2nnc(COC(=O)Cc3c[nH]c4ccccc34)o2)cc1C. The van der Waals surface area contributed by atoms with E-state index < -0.39 is 0 Å². The van der Waals surface area contributed by atoms with Crippen molar-refractivity contribution in [2.24, 2.45) is 0 Å². The Hall–Kier alpha value is -2.93. The van der Waals surface area contributed by atoms with Gasteiger partial charge in [0, 0.05) is 22.0 Å². The van der Waals surface area contributed by atoms with Gasteiger partial charge >= 0.3 is 5.97 Å². The van der Waals surface area contributed by atoms with Crippen molar-refractivity contribution in [3.8, 4) is 10.8 Å². The molecule has 3 heterocycles. The number of hydrogen-bond donors (Lipinski definition) is 1. The van der Waals surface area contributed by atoms with Crippen LogP contribution in [0.4, 0.5) is 0 Å². The lowest BCUT2D eigenvalue weighted by atomic mass is 10.1. The van der Waals surface area contributed by atoms with Gasteiger partial charge in [-0.3, -0.25) is 4.79 Å². The molecule has 0 unspecified atom stereocenters. The van der Waals surface area contributed by atoms with Gasteiger partial charge in [0.2, 0.25) is 0 Å². The summed E-state index contributed by atoms with van der Waals surface area (Å²) in [5, 5.41) is 9.07. The number of fused-ring (bicyclic) bond motifs is 1. The zero-order valence-electron chi connectivity index (χ0n) is 15.1. The van der Waals surface area contributed by atoms with Crippen LogP contribution < -0.4 is 0 Å². The molecule has 0 radical (unpaired) electrons. The fourth-order valence-corrected chi connectivity index (χ4v) is 4.05. The summed E-state index contributed by atoms with van der Waals surface area (Å²) < 4.78 is 10.9. The second-order valence-corrected chi connectivity index (χ2v) is 7.41. The van der Waals surface area contributed by atoms with Crippen LogP contribution in [0, 0.1) is 6.92 Å². The first-order valence-corrected chi connectivity index (χ1v) is 9.58. The van der Waals surface area contributed by atoms with Crippen molar-refractivity contribution in [2.45, 2.75) is 33.3 Å². The number of thiophene rings is 1. The van der Waals surface area contributed by atoms with E-state index in [1.807, 2.05) is 36.5 Å². The zero-order chi connectivity index (χ0) is 18.8. The smallest absolute Gasteiger partial charge is 0.310 e. The first kappa shape index (κ1) is 17.5. The van der Waals surface area contributed by atoms with E-state index in [1.165, 1.54) is 10.4 Å². The summed E-state index contributed by atoms with van der Waals surface area (Å²) in [6, 6.07) is 9.89. The average Bonchev–Trinajstić information content (AvgIpc) is 3.39. The molecule has 0 bridgehead atoms. The molecule has 0 spiro atoms. The molecule has 4 rings (SSSR count). The van der Waals surface area contributed by atoms with Crippen LogP contribution in [0.5, 0.6) is 0 Å². The van der Waals surface area contributed by atoms with Crippen molar-refractivity contribution in [1.82, 2.24) is 15.2 Å². The van der Waals surface area contributed by atoms with E-state index in [4.69, 9.17) is 9.15 Å². The highest BCUT2D eigenvalue weighted by Gasteiger charge is 2.15. The van der Waals surface area contributed by atoms with Gasteiger partial charge < -0.3 is 14.1 Å². The molecule has 0 amide bonds. The quantitative estimate of drug-likeness (QED) is 0.500. The molecule has 0 aliphatic rings. The molecular formula is C20H19N3O3S. The van der Waals surface area contributed by atoms with Crippen molar-refractivity contribution >= 4 is 28.2 Å². The first-order chi connectivity index (χ1) is 13.1. The normalized spacial score (nSPS) is 11.2. The van der Waals surface area contributed by atoms with Crippen molar-refractivity contribution in [3.05, 3.63) is 58.4 Å². The minimum absolute atomic E-state index is 0.0286. The van der Waals surface area contributed by atoms with E-state index in [0.29, 0.717) is 11.8 Å². The number of nitrogens with zero attached hydrogens (tertiary/aromatic N) is 2. The maximum absolute atomic E-state index is 12.2. The Kier molecular flexibility index (Phi) is 4.77. The number of nitrogens with one attached hydrogen (secondary N) is 1. The van der Waals surface area contributed by atoms with Crippen LogP contribution in [0.1, 0.15) is 28.8 Å². The molecule has 27 heavy (non-hydrogen) atoms. The topological polar surface area (TPSA) is 81.0 Å². The highest BCUT2D eigenvalue weighted by atomic mass is 32.1. The van der Waals surface area contributed by atoms with Crippen LogP contribution >= 0.6 is 11.3 Å². The van der Waals surface area contributed by atoms with Crippen molar-refractivity contribution in [1.29, 1.82) is 0 Å². The molecule has 1 aromatic carbocycles. The van der Waals surface area contributed by atoms with Gasteiger partial charge in [0.1, 0.15) is 0 Å². The number of rotatable bonds is 6. The number of esters is 1. The van der Waals surface area contributed by atoms with Crippen LogP contribution in [0.15, 0.2) is 40.9 Å². The highest BCUT2D eigenvalue weighted by molar-refractivity contribution is 7.15. The third-order valence-corrected chi connectivity index (χ3v) is 5.76. The number of carbonyl (C=O) groups is 1. The number of benzene rings is 1. The average molecular weight is 381 g/mol. The van der Waals surface area contributed by atoms with Gasteiger partial charge in [0.25, 0.3) is 11.8 Å². The minimum Gasteiger partial charge on any atom is -0.455 e. The van der Waals surface area contributed by atoms with Gasteiger partial charge in [-0.1, -0.05) is 25.1 Å². The summed E-state index contributed by atoms with van der Waals surface area (Å²) in [7, 11) is 0. The monoisotopic (exact) mass is 381 g/mol. The van der Waals surface area contributed by atoms with E-state index in [-0.39, 0.29) is 19.0 Å². The van der Waals surface area contributed by atoms with Crippen LogP contribution in [-0.2, 0) is 29.0 Å². The lowest BCUT2D eigenvalue weighted by Gasteiger charge is -2.01. The fraction of sp³-hybridized carbons (Fsp3) is 0.250. The molecule has 0 fully saturated rings. The number of aryl methyl sites for hydroxylation is 2. The predicted molar refractivity (Wildman–Crippen MR) is 104 cm³/mol. The van der Waals surface area contributed by atoms with Gasteiger partial charge in [0.05, 0.1) is 11.3 Å².